The molecule has 3 rings (SSSR count). The van der Waals surface area contributed by atoms with Crippen molar-refractivity contribution < 1.29 is 19.4 Å². The Morgan fingerprint density at radius 3 is 3.21 bits per heavy atom. The predicted molar refractivity (Wildman–Crippen MR) is 69.2 cm³/mol. The number of carbonyl (C=O) groups excluding carboxylic acids is 1. The van der Waals surface area contributed by atoms with Crippen molar-refractivity contribution in [3.05, 3.63) is 30.7 Å². The first-order chi connectivity index (χ1) is 9.28. The molecule has 1 fully saturated rings. The van der Waals surface area contributed by atoms with Crippen LogP contribution < -0.4 is 15.0 Å². The molecule has 1 atom stereocenters. The number of anilines is 2. The van der Waals surface area contributed by atoms with Crippen molar-refractivity contribution in [3.8, 4) is 5.75 Å². The fraction of sp³-hybridized carbons (Fsp3) is 0.308. The summed E-state index contributed by atoms with van der Waals surface area (Å²) in [5.74, 6) is 0.714. The molecule has 1 aromatic rings. The van der Waals surface area contributed by atoms with Gasteiger partial charge in [0.05, 0.1) is 12.2 Å². The van der Waals surface area contributed by atoms with Crippen molar-refractivity contribution in [2.45, 2.75) is 12.5 Å². The lowest BCUT2D eigenvalue weighted by Crippen LogP contribution is -2.24. The molecule has 6 nitrogen and oxygen atoms in total. The molecule has 0 radical (unpaired) electrons. The van der Waals surface area contributed by atoms with Crippen LogP contribution in [-0.4, -0.2) is 30.5 Å². The first-order valence-electron chi connectivity index (χ1n) is 6.09. The zero-order valence-electron chi connectivity index (χ0n) is 10.2. The highest BCUT2D eigenvalue weighted by molar-refractivity contribution is 5.91. The van der Waals surface area contributed by atoms with Crippen LogP contribution in [0.15, 0.2) is 30.7 Å². The molecule has 0 aliphatic carbocycles. The minimum absolute atomic E-state index is 0.0101. The van der Waals surface area contributed by atoms with Crippen molar-refractivity contribution in [2.75, 3.05) is 23.4 Å². The topological polar surface area (TPSA) is 71.0 Å². The van der Waals surface area contributed by atoms with E-state index < -0.39 is 0 Å². The molecule has 19 heavy (non-hydrogen) atoms. The number of aliphatic hydroxyl groups is 1. The number of benzene rings is 1. The Labute approximate surface area is 110 Å². The summed E-state index contributed by atoms with van der Waals surface area (Å²) < 4.78 is 10.5. The number of fused-ring (bicyclic) bond motifs is 1. The second-order valence-electron chi connectivity index (χ2n) is 4.37. The molecule has 2 aliphatic heterocycles. The number of aliphatic hydroxyl groups excluding tert-OH is 1. The van der Waals surface area contributed by atoms with Gasteiger partial charge in [0.15, 0.2) is 0 Å². The van der Waals surface area contributed by atoms with Gasteiger partial charge in [0.1, 0.15) is 18.1 Å². The number of nitrogens with zero attached hydrogens (tertiary/aromatic N) is 1. The monoisotopic (exact) mass is 262 g/mol. The summed E-state index contributed by atoms with van der Waals surface area (Å²) in [7, 11) is 0. The second kappa shape index (κ2) is 4.81. The molecule has 6 heteroatoms. The Balaban J connectivity index is 1.81. The maximum absolute atomic E-state index is 11.8. The maximum Gasteiger partial charge on any atom is 0.414 e. The summed E-state index contributed by atoms with van der Waals surface area (Å²) in [6, 6.07) is 5.44. The number of amides is 1. The molecule has 100 valence electrons. The number of carbonyl (C=O) groups is 1. The lowest BCUT2D eigenvalue weighted by atomic mass is 10.2. The molecule has 1 saturated heterocycles. The smallest absolute Gasteiger partial charge is 0.414 e. The number of hydrogen-bond donors (Lipinski definition) is 2. The van der Waals surface area contributed by atoms with Crippen molar-refractivity contribution in [3.63, 3.8) is 0 Å². The van der Waals surface area contributed by atoms with Crippen LogP contribution in [0.5, 0.6) is 5.75 Å². The Kier molecular flexibility index (Phi) is 3.00. The van der Waals surface area contributed by atoms with Crippen molar-refractivity contribution >= 4 is 17.5 Å². The zero-order chi connectivity index (χ0) is 13.2. The van der Waals surface area contributed by atoms with Gasteiger partial charge in [0.25, 0.3) is 0 Å². The number of ether oxygens (including phenoxy) is 2. The Morgan fingerprint density at radius 1 is 1.47 bits per heavy atom. The van der Waals surface area contributed by atoms with E-state index in [4.69, 9.17) is 14.6 Å². The third-order valence-corrected chi connectivity index (χ3v) is 3.10. The summed E-state index contributed by atoms with van der Waals surface area (Å²) in [6.07, 6.45) is 3.06. The van der Waals surface area contributed by atoms with E-state index in [9.17, 15) is 4.79 Å². The number of cyclic esters (lactones) is 1. The molecule has 2 N–H and O–H groups in total. The number of hydrogen-bond acceptors (Lipinski definition) is 5. The summed E-state index contributed by atoms with van der Waals surface area (Å²) in [5, 5.41) is 11.9. The normalized spacial score (nSPS) is 20.6. The van der Waals surface area contributed by atoms with E-state index in [-0.39, 0.29) is 18.8 Å². The average molecular weight is 262 g/mol. The standard InChI is InChI=1S/C13H14N2O4/c16-5-3-10-8-15(13(17)19-10)9-1-2-12-11(7-9)14-4-6-18-12/h1-2,4,6-7,10,14,16H,3,5,8H2/t10-/m0/s1. The minimum Gasteiger partial charge on any atom is -0.461 e. The van der Waals surface area contributed by atoms with Crippen LogP contribution in [0.25, 0.3) is 0 Å². The molecule has 0 saturated carbocycles. The largest absolute Gasteiger partial charge is 0.461 e. The third kappa shape index (κ3) is 2.22. The van der Waals surface area contributed by atoms with Crippen LogP contribution in [0.4, 0.5) is 16.2 Å². The van der Waals surface area contributed by atoms with Gasteiger partial charge in [0.2, 0.25) is 0 Å². The Morgan fingerprint density at radius 2 is 2.37 bits per heavy atom. The van der Waals surface area contributed by atoms with E-state index in [0.29, 0.717) is 18.7 Å². The summed E-state index contributed by atoms with van der Waals surface area (Å²) in [6.45, 7) is 0.463. The van der Waals surface area contributed by atoms with Gasteiger partial charge in [-0.2, -0.15) is 0 Å². The van der Waals surface area contributed by atoms with Gasteiger partial charge in [-0.15, -0.1) is 0 Å². The van der Waals surface area contributed by atoms with E-state index in [1.807, 2.05) is 12.1 Å². The van der Waals surface area contributed by atoms with E-state index in [0.717, 1.165) is 11.4 Å². The minimum atomic E-state index is -0.384. The van der Waals surface area contributed by atoms with Crippen molar-refractivity contribution in [1.29, 1.82) is 0 Å². The lowest BCUT2D eigenvalue weighted by Gasteiger charge is -2.18. The summed E-state index contributed by atoms with van der Waals surface area (Å²) >= 11 is 0. The van der Waals surface area contributed by atoms with Gasteiger partial charge in [-0.25, -0.2) is 4.79 Å². The van der Waals surface area contributed by atoms with E-state index >= 15 is 0 Å². The first-order valence-corrected chi connectivity index (χ1v) is 6.09. The SMILES string of the molecule is O=C1O[C@@H](CCO)CN1c1ccc2c(c1)NC=CO2. The molecule has 1 amide bonds. The second-order valence-corrected chi connectivity index (χ2v) is 4.37. The van der Waals surface area contributed by atoms with E-state index in [2.05, 4.69) is 5.32 Å². The highest BCUT2D eigenvalue weighted by Gasteiger charge is 2.32. The Bertz CT molecular complexity index is 529. The zero-order valence-corrected chi connectivity index (χ0v) is 10.2. The molecular formula is C13H14N2O4. The van der Waals surface area contributed by atoms with Crippen molar-refractivity contribution in [1.82, 2.24) is 0 Å². The van der Waals surface area contributed by atoms with Gasteiger partial charge in [0, 0.05) is 24.9 Å². The van der Waals surface area contributed by atoms with E-state index in [1.54, 1.807) is 23.4 Å². The van der Waals surface area contributed by atoms with Gasteiger partial charge in [-0.1, -0.05) is 0 Å². The number of rotatable bonds is 3. The maximum atomic E-state index is 11.8. The highest BCUT2D eigenvalue weighted by Crippen LogP contribution is 2.33. The van der Waals surface area contributed by atoms with E-state index in [1.165, 1.54) is 0 Å². The van der Waals surface area contributed by atoms with Gasteiger partial charge >= 0.3 is 6.09 Å². The molecule has 0 spiro atoms. The van der Waals surface area contributed by atoms with Crippen LogP contribution in [0.3, 0.4) is 0 Å². The molecule has 2 heterocycles. The average Bonchev–Trinajstić information content (AvgIpc) is 2.79. The number of nitrogens with one attached hydrogen (secondary N) is 1. The molecular weight excluding hydrogens is 248 g/mol. The molecule has 0 bridgehead atoms. The molecule has 0 unspecified atom stereocenters. The van der Waals surface area contributed by atoms with Crippen LogP contribution in [-0.2, 0) is 4.74 Å². The summed E-state index contributed by atoms with van der Waals surface area (Å²) in [5.41, 5.74) is 1.55. The predicted octanol–water partition coefficient (Wildman–Crippen LogP) is 1.67. The Hall–Kier alpha value is -2.21. The highest BCUT2D eigenvalue weighted by atomic mass is 16.6. The molecule has 2 aliphatic rings. The van der Waals surface area contributed by atoms with Crippen LogP contribution >= 0.6 is 0 Å². The molecule has 1 aromatic carbocycles. The third-order valence-electron chi connectivity index (χ3n) is 3.10. The van der Waals surface area contributed by atoms with Crippen LogP contribution in [0.2, 0.25) is 0 Å². The lowest BCUT2D eigenvalue weighted by molar-refractivity contribution is 0.122. The summed E-state index contributed by atoms with van der Waals surface area (Å²) in [4.78, 5) is 13.3. The van der Waals surface area contributed by atoms with Gasteiger partial charge in [-0.3, -0.25) is 4.90 Å². The van der Waals surface area contributed by atoms with Crippen molar-refractivity contribution in [2.24, 2.45) is 0 Å². The molecule has 0 aromatic heterocycles. The van der Waals surface area contributed by atoms with Crippen LogP contribution in [0.1, 0.15) is 6.42 Å². The fourth-order valence-corrected chi connectivity index (χ4v) is 2.16. The van der Waals surface area contributed by atoms with Gasteiger partial charge < -0.3 is 19.9 Å². The van der Waals surface area contributed by atoms with Crippen LogP contribution in [0, 0.1) is 0 Å². The fourth-order valence-electron chi connectivity index (χ4n) is 2.16. The first kappa shape index (κ1) is 11.9. The quantitative estimate of drug-likeness (QED) is 0.867. The van der Waals surface area contributed by atoms with Gasteiger partial charge in [-0.05, 0) is 18.2 Å².